The van der Waals surface area contributed by atoms with Crippen LogP contribution in [0.15, 0.2) is 67.4 Å². The van der Waals surface area contributed by atoms with Gasteiger partial charge in [0.15, 0.2) is 5.69 Å². The number of nitrogens with one attached hydrogen (secondary N) is 2. The Balaban J connectivity index is 1.17. The first-order valence-corrected chi connectivity index (χ1v) is 10.3. The van der Waals surface area contributed by atoms with Gasteiger partial charge in [0, 0.05) is 30.5 Å². The predicted octanol–water partition coefficient (Wildman–Crippen LogP) is 2.69. The van der Waals surface area contributed by atoms with Crippen LogP contribution in [0, 0.1) is 6.92 Å². The Morgan fingerprint density at radius 3 is 2.53 bits per heavy atom. The third-order valence-electron chi connectivity index (χ3n) is 5.16. The van der Waals surface area contributed by atoms with Gasteiger partial charge in [-0.3, -0.25) is 9.48 Å². The number of rotatable bonds is 7. The molecule has 5 aromatic rings. The molecule has 0 bridgehead atoms. The molecule has 5 rings (SSSR count). The van der Waals surface area contributed by atoms with Gasteiger partial charge >= 0.3 is 0 Å². The number of carbonyl (C=O) groups excluding carboxylic acids is 1. The molecule has 1 aromatic carbocycles. The molecule has 0 saturated heterocycles. The topological polar surface area (TPSA) is 106 Å². The number of hydrogen-bond donors (Lipinski definition) is 2. The first kappa shape index (κ1) is 19.7. The Morgan fingerprint density at radius 2 is 1.78 bits per heavy atom. The van der Waals surface area contributed by atoms with Crippen LogP contribution in [0.2, 0.25) is 0 Å². The minimum atomic E-state index is -0.268. The highest BCUT2D eigenvalue weighted by molar-refractivity contribution is 5.91. The zero-order valence-corrected chi connectivity index (χ0v) is 17.6. The number of nitrogens with zero attached hydrogens (tertiary/aromatic N) is 6. The van der Waals surface area contributed by atoms with Gasteiger partial charge in [-0.05, 0) is 41.3 Å². The van der Waals surface area contributed by atoms with Crippen LogP contribution in [0.1, 0.15) is 32.7 Å². The second-order valence-corrected chi connectivity index (χ2v) is 7.77. The van der Waals surface area contributed by atoms with E-state index in [1.165, 1.54) is 5.56 Å². The smallest absolute Gasteiger partial charge is 0.273 e. The number of aryl methyl sites for hydroxylation is 1. The molecule has 2 N–H and O–H groups in total. The monoisotopic (exact) mass is 426 g/mol. The SMILES string of the molecule is Cc1cnn(Cc2ccc(Cn3cc(C(=O)NCc4cnc5[nH]ccc5c4)nn3)cc2)c1. The van der Waals surface area contributed by atoms with Gasteiger partial charge in [0.05, 0.1) is 25.5 Å². The van der Waals surface area contributed by atoms with Crippen molar-refractivity contribution in [3.8, 4) is 0 Å². The predicted molar refractivity (Wildman–Crippen MR) is 119 cm³/mol. The highest BCUT2D eigenvalue weighted by Gasteiger charge is 2.11. The third-order valence-corrected chi connectivity index (χ3v) is 5.16. The normalized spacial score (nSPS) is 11.2. The molecule has 9 heteroatoms. The molecule has 160 valence electrons. The van der Waals surface area contributed by atoms with Gasteiger partial charge in [0.25, 0.3) is 5.91 Å². The van der Waals surface area contributed by atoms with Crippen molar-refractivity contribution in [2.24, 2.45) is 0 Å². The van der Waals surface area contributed by atoms with E-state index in [0.29, 0.717) is 13.1 Å². The molecule has 4 heterocycles. The van der Waals surface area contributed by atoms with Crippen LogP contribution < -0.4 is 5.32 Å². The zero-order valence-electron chi connectivity index (χ0n) is 17.6. The Morgan fingerprint density at radius 1 is 1.00 bits per heavy atom. The molecule has 0 aliphatic rings. The molecule has 0 saturated carbocycles. The summed E-state index contributed by atoms with van der Waals surface area (Å²) in [6.07, 6.45) is 9.11. The Kier molecular flexibility index (Phi) is 5.20. The van der Waals surface area contributed by atoms with Crippen LogP contribution in [0.5, 0.6) is 0 Å². The third kappa shape index (κ3) is 4.41. The number of benzene rings is 1. The summed E-state index contributed by atoms with van der Waals surface area (Å²) in [7, 11) is 0. The molecular formula is C23H22N8O. The minimum absolute atomic E-state index is 0.268. The van der Waals surface area contributed by atoms with Crippen LogP contribution in [0.4, 0.5) is 0 Å². The lowest BCUT2D eigenvalue weighted by molar-refractivity contribution is 0.0946. The van der Waals surface area contributed by atoms with Crippen molar-refractivity contribution in [3.63, 3.8) is 0 Å². The van der Waals surface area contributed by atoms with E-state index in [2.05, 4.69) is 55.0 Å². The summed E-state index contributed by atoms with van der Waals surface area (Å²) < 4.78 is 3.58. The first-order valence-electron chi connectivity index (χ1n) is 10.3. The van der Waals surface area contributed by atoms with Gasteiger partial charge < -0.3 is 10.3 Å². The summed E-state index contributed by atoms with van der Waals surface area (Å²) in [6.45, 7) is 3.67. The van der Waals surface area contributed by atoms with Crippen molar-refractivity contribution in [1.82, 2.24) is 40.1 Å². The number of pyridine rings is 1. The highest BCUT2D eigenvalue weighted by atomic mass is 16.2. The Bertz CT molecular complexity index is 1360. The summed E-state index contributed by atoms with van der Waals surface area (Å²) in [5.41, 5.74) is 5.42. The summed E-state index contributed by atoms with van der Waals surface area (Å²) in [6, 6.07) is 12.2. The Labute approximate surface area is 184 Å². The molecule has 1 amide bonds. The van der Waals surface area contributed by atoms with Gasteiger partial charge in [0.1, 0.15) is 5.65 Å². The van der Waals surface area contributed by atoms with E-state index < -0.39 is 0 Å². The van der Waals surface area contributed by atoms with Crippen molar-refractivity contribution in [1.29, 1.82) is 0 Å². The number of hydrogen-bond acceptors (Lipinski definition) is 5. The molecule has 0 unspecified atom stereocenters. The lowest BCUT2D eigenvalue weighted by atomic mass is 10.1. The number of carbonyl (C=O) groups is 1. The maximum absolute atomic E-state index is 12.5. The maximum atomic E-state index is 12.5. The fourth-order valence-corrected chi connectivity index (χ4v) is 3.51. The van der Waals surface area contributed by atoms with E-state index >= 15 is 0 Å². The lowest BCUT2D eigenvalue weighted by Gasteiger charge is -2.05. The van der Waals surface area contributed by atoms with Crippen LogP contribution in [0.25, 0.3) is 11.0 Å². The molecule has 32 heavy (non-hydrogen) atoms. The van der Waals surface area contributed by atoms with Gasteiger partial charge in [-0.1, -0.05) is 29.5 Å². The van der Waals surface area contributed by atoms with E-state index in [1.54, 1.807) is 17.1 Å². The quantitative estimate of drug-likeness (QED) is 0.416. The number of amides is 1. The average Bonchev–Trinajstić information content (AvgIpc) is 3.54. The number of fused-ring (bicyclic) bond motifs is 1. The number of H-pyrrole nitrogens is 1. The van der Waals surface area contributed by atoms with E-state index in [1.807, 2.05) is 42.3 Å². The summed E-state index contributed by atoms with van der Waals surface area (Å²) in [4.78, 5) is 19.8. The molecule has 0 fully saturated rings. The number of aromatic nitrogens is 7. The second-order valence-electron chi connectivity index (χ2n) is 7.77. The summed E-state index contributed by atoms with van der Waals surface area (Å²) in [5.74, 6) is -0.268. The van der Waals surface area contributed by atoms with E-state index in [-0.39, 0.29) is 11.6 Å². The van der Waals surface area contributed by atoms with Crippen LogP contribution in [-0.4, -0.2) is 40.6 Å². The fraction of sp³-hybridized carbons (Fsp3) is 0.174. The van der Waals surface area contributed by atoms with Crippen molar-refractivity contribution in [2.45, 2.75) is 26.6 Å². The number of aromatic amines is 1. The molecule has 4 aromatic heterocycles. The van der Waals surface area contributed by atoms with Gasteiger partial charge in [-0.2, -0.15) is 5.10 Å². The average molecular weight is 426 g/mol. The lowest BCUT2D eigenvalue weighted by Crippen LogP contribution is -2.23. The highest BCUT2D eigenvalue weighted by Crippen LogP contribution is 2.12. The zero-order chi connectivity index (χ0) is 21.9. The minimum Gasteiger partial charge on any atom is -0.346 e. The van der Waals surface area contributed by atoms with Crippen molar-refractivity contribution in [3.05, 3.63) is 95.3 Å². The molecular weight excluding hydrogens is 404 g/mol. The summed E-state index contributed by atoms with van der Waals surface area (Å²) in [5, 5.41) is 16.3. The van der Waals surface area contributed by atoms with Crippen LogP contribution in [-0.2, 0) is 19.6 Å². The van der Waals surface area contributed by atoms with Crippen molar-refractivity contribution in [2.75, 3.05) is 0 Å². The largest absolute Gasteiger partial charge is 0.346 e. The molecule has 0 atom stereocenters. The van der Waals surface area contributed by atoms with Gasteiger partial charge in [-0.15, -0.1) is 5.10 Å². The van der Waals surface area contributed by atoms with Crippen LogP contribution in [0.3, 0.4) is 0 Å². The van der Waals surface area contributed by atoms with E-state index in [9.17, 15) is 4.79 Å². The first-order chi connectivity index (χ1) is 15.6. The van der Waals surface area contributed by atoms with Gasteiger partial charge in [-0.25, -0.2) is 9.67 Å². The summed E-state index contributed by atoms with van der Waals surface area (Å²) >= 11 is 0. The molecule has 0 spiro atoms. The Hall–Kier alpha value is -4.27. The van der Waals surface area contributed by atoms with E-state index in [0.717, 1.165) is 34.3 Å². The maximum Gasteiger partial charge on any atom is 0.273 e. The fourth-order valence-electron chi connectivity index (χ4n) is 3.51. The molecule has 0 aliphatic carbocycles. The van der Waals surface area contributed by atoms with E-state index in [4.69, 9.17) is 0 Å². The van der Waals surface area contributed by atoms with Gasteiger partial charge in [0.2, 0.25) is 0 Å². The van der Waals surface area contributed by atoms with Crippen molar-refractivity contribution < 1.29 is 4.79 Å². The molecule has 0 radical (unpaired) electrons. The van der Waals surface area contributed by atoms with Crippen LogP contribution >= 0.6 is 0 Å². The van der Waals surface area contributed by atoms with Crippen molar-refractivity contribution >= 4 is 16.9 Å². The standard InChI is InChI=1S/C23H22N8O/c1-16-9-27-30(12-16)13-17-2-4-18(5-3-17)14-31-15-21(28-29-31)23(32)26-11-19-8-20-6-7-24-22(20)25-10-19/h2-10,12,15H,11,13-14H2,1H3,(H,24,25)(H,26,32). The molecule has 0 aliphatic heterocycles. The molecule has 9 nitrogen and oxygen atoms in total. The second kappa shape index (κ2) is 8.46.